The fourth-order valence-corrected chi connectivity index (χ4v) is 3.67. The molecule has 0 radical (unpaired) electrons. The second kappa shape index (κ2) is 7.03. The zero-order valence-electron chi connectivity index (χ0n) is 15.3. The Labute approximate surface area is 161 Å². The van der Waals surface area contributed by atoms with Crippen molar-refractivity contribution in [1.29, 1.82) is 0 Å². The second-order valence-corrected chi connectivity index (χ2v) is 7.33. The quantitative estimate of drug-likeness (QED) is 0.647. The molecule has 1 atom stereocenters. The Morgan fingerprint density at radius 3 is 2.74 bits per heavy atom. The average molecular weight is 381 g/mol. The number of aryl methyl sites for hydroxylation is 1. The van der Waals surface area contributed by atoms with Gasteiger partial charge in [0, 0.05) is 25.7 Å². The van der Waals surface area contributed by atoms with Gasteiger partial charge in [-0.05, 0) is 24.0 Å². The van der Waals surface area contributed by atoms with Crippen molar-refractivity contribution in [1.82, 2.24) is 19.7 Å². The molecule has 4 rings (SSSR count). The lowest BCUT2D eigenvalue weighted by atomic mass is 10.1. The monoisotopic (exact) mass is 381 g/mol. The lowest BCUT2D eigenvalue weighted by Crippen LogP contribution is -2.37. The van der Waals surface area contributed by atoms with Gasteiger partial charge in [0.05, 0.1) is 11.4 Å². The molecule has 1 aromatic carbocycles. The first kappa shape index (κ1) is 17.5. The molecule has 0 spiro atoms. The van der Waals surface area contributed by atoms with Gasteiger partial charge in [0.1, 0.15) is 0 Å². The van der Waals surface area contributed by atoms with Gasteiger partial charge in [0.2, 0.25) is 23.2 Å². The molecule has 2 aromatic heterocycles. The average Bonchev–Trinajstić information content (AvgIpc) is 3.01. The smallest absolute Gasteiger partial charge is 0.247 e. The molecule has 7 nitrogen and oxygen atoms in total. The van der Waals surface area contributed by atoms with Crippen LogP contribution in [0.1, 0.15) is 25.8 Å². The first-order valence-corrected chi connectivity index (χ1v) is 9.63. The van der Waals surface area contributed by atoms with Gasteiger partial charge in [0.25, 0.3) is 0 Å². The van der Waals surface area contributed by atoms with E-state index < -0.39 is 6.23 Å². The maximum atomic E-state index is 12.6. The lowest BCUT2D eigenvalue weighted by Gasteiger charge is -2.29. The van der Waals surface area contributed by atoms with E-state index in [2.05, 4.69) is 15.2 Å². The molecule has 1 aliphatic rings. The number of hydrogen-bond donors (Lipinski definition) is 0. The Morgan fingerprint density at radius 2 is 2.04 bits per heavy atom. The highest BCUT2D eigenvalue weighted by Crippen LogP contribution is 2.43. The van der Waals surface area contributed by atoms with E-state index in [4.69, 9.17) is 4.74 Å². The molecule has 138 valence electrons. The van der Waals surface area contributed by atoms with E-state index in [9.17, 15) is 4.79 Å². The molecule has 3 aromatic rings. The minimum absolute atomic E-state index is 0.127. The number of fused-ring (bicyclic) bond motifs is 3. The molecule has 1 aliphatic heterocycles. The van der Waals surface area contributed by atoms with Crippen LogP contribution in [0, 0.1) is 0 Å². The molecule has 0 bridgehead atoms. The van der Waals surface area contributed by atoms with Gasteiger partial charge in [-0.15, -0.1) is 10.2 Å². The third-order valence-electron chi connectivity index (χ3n) is 4.36. The number of hydrogen-bond acceptors (Lipinski definition) is 6. The molecular weight excluding hydrogens is 362 g/mol. The highest BCUT2D eigenvalue weighted by molar-refractivity contribution is 7.99. The summed E-state index contributed by atoms with van der Waals surface area (Å²) < 4.78 is 8.22. The van der Waals surface area contributed by atoms with Crippen LogP contribution in [0.3, 0.4) is 0 Å². The van der Waals surface area contributed by atoms with Crippen LogP contribution in [0.5, 0.6) is 5.88 Å². The normalized spacial score (nSPS) is 15.5. The summed E-state index contributed by atoms with van der Waals surface area (Å²) in [5, 5.41) is 9.13. The van der Waals surface area contributed by atoms with E-state index in [1.807, 2.05) is 61.1 Å². The van der Waals surface area contributed by atoms with Crippen molar-refractivity contribution in [3.63, 3.8) is 0 Å². The van der Waals surface area contributed by atoms with Crippen LogP contribution in [0.4, 0.5) is 5.69 Å². The van der Waals surface area contributed by atoms with Crippen molar-refractivity contribution in [2.45, 2.75) is 25.2 Å². The second-order valence-electron chi connectivity index (χ2n) is 6.10. The van der Waals surface area contributed by atoms with Gasteiger partial charge in [0.15, 0.2) is 5.69 Å². The Balaban J connectivity index is 1.96. The Kier molecular flexibility index (Phi) is 4.57. The first-order chi connectivity index (χ1) is 13.1. The summed E-state index contributed by atoms with van der Waals surface area (Å²) in [5.41, 5.74) is 2.87. The van der Waals surface area contributed by atoms with Gasteiger partial charge >= 0.3 is 0 Å². The van der Waals surface area contributed by atoms with Crippen molar-refractivity contribution < 1.29 is 9.53 Å². The Hall–Kier alpha value is -2.87. The molecule has 27 heavy (non-hydrogen) atoms. The number of carbonyl (C=O) groups excluding carboxylic acids is 1. The Bertz CT molecular complexity index is 1000. The zero-order valence-corrected chi connectivity index (χ0v) is 16.1. The number of aromatic nitrogens is 4. The number of carbonyl (C=O) groups is 1. The van der Waals surface area contributed by atoms with Crippen molar-refractivity contribution >= 4 is 23.4 Å². The molecular formula is C19H19N5O2S. The number of amides is 1. The molecule has 0 unspecified atom stereocenters. The summed E-state index contributed by atoms with van der Waals surface area (Å²) in [6, 6.07) is 11.4. The van der Waals surface area contributed by atoms with Gasteiger partial charge in [-0.2, -0.15) is 4.98 Å². The first-order valence-electron chi connectivity index (χ1n) is 8.64. The van der Waals surface area contributed by atoms with E-state index in [1.165, 1.54) is 18.7 Å². The highest BCUT2D eigenvalue weighted by atomic mass is 32.2. The highest BCUT2D eigenvalue weighted by Gasteiger charge is 2.35. The fraction of sp³-hybridized carbons (Fsp3) is 0.263. The molecule has 0 aliphatic carbocycles. The molecule has 1 amide bonds. The Morgan fingerprint density at radius 1 is 1.22 bits per heavy atom. The predicted molar refractivity (Wildman–Crippen MR) is 104 cm³/mol. The summed E-state index contributed by atoms with van der Waals surface area (Å²) in [6.07, 6.45) is 1.27. The largest absolute Gasteiger partial charge is 0.445 e. The predicted octanol–water partition coefficient (Wildman–Crippen LogP) is 3.43. The van der Waals surface area contributed by atoms with Gasteiger partial charge < -0.3 is 9.30 Å². The minimum Gasteiger partial charge on any atom is -0.445 e. The van der Waals surface area contributed by atoms with Crippen molar-refractivity contribution in [3.05, 3.63) is 48.3 Å². The molecule has 0 saturated heterocycles. The number of benzene rings is 1. The van der Waals surface area contributed by atoms with Crippen molar-refractivity contribution in [3.8, 4) is 17.1 Å². The van der Waals surface area contributed by atoms with Crippen LogP contribution in [0.2, 0.25) is 0 Å². The van der Waals surface area contributed by atoms with Crippen LogP contribution in [-0.2, 0) is 11.8 Å². The van der Waals surface area contributed by atoms with E-state index in [-0.39, 0.29) is 5.91 Å². The maximum absolute atomic E-state index is 12.6. The minimum atomic E-state index is -0.652. The van der Waals surface area contributed by atoms with Crippen LogP contribution in [0.25, 0.3) is 11.3 Å². The van der Waals surface area contributed by atoms with E-state index >= 15 is 0 Å². The fourth-order valence-electron chi connectivity index (χ4n) is 3.17. The third kappa shape index (κ3) is 3.06. The number of para-hydroxylation sites is 1. The number of ether oxygens (including phenoxy) is 1. The number of rotatable bonds is 3. The summed E-state index contributed by atoms with van der Waals surface area (Å²) >= 11 is 1.49. The topological polar surface area (TPSA) is 73.1 Å². The SMILES string of the molecule is CCSc1nnc2c(n1)O[C@H](c1cccn1C)N(C(C)=O)c1ccccc1-2. The van der Waals surface area contributed by atoms with E-state index in [0.29, 0.717) is 16.7 Å². The lowest BCUT2D eigenvalue weighted by molar-refractivity contribution is -0.118. The van der Waals surface area contributed by atoms with Crippen molar-refractivity contribution in [2.24, 2.45) is 7.05 Å². The van der Waals surface area contributed by atoms with E-state index in [1.54, 1.807) is 4.90 Å². The van der Waals surface area contributed by atoms with E-state index in [0.717, 1.165) is 22.7 Å². The summed E-state index contributed by atoms with van der Waals surface area (Å²) in [7, 11) is 1.92. The number of nitrogens with zero attached hydrogens (tertiary/aromatic N) is 5. The van der Waals surface area contributed by atoms with Crippen LogP contribution < -0.4 is 9.64 Å². The number of thioether (sulfide) groups is 1. The maximum Gasteiger partial charge on any atom is 0.247 e. The third-order valence-corrected chi connectivity index (χ3v) is 5.08. The molecule has 0 saturated carbocycles. The molecule has 3 heterocycles. The standard InChI is InChI=1S/C19H19N5O2S/c1-4-27-19-20-17-16(21-22-19)13-8-5-6-9-14(13)24(12(2)25)18(26-17)15-10-7-11-23(15)3/h5-11,18H,4H2,1-3H3/t18-/m1/s1. The van der Waals surface area contributed by atoms with Crippen LogP contribution in [0.15, 0.2) is 47.8 Å². The summed E-state index contributed by atoms with van der Waals surface area (Å²) in [5.74, 6) is 1.08. The zero-order chi connectivity index (χ0) is 19.0. The molecule has 0 N–H and O–H groups in total. The van der Waals surface area contributed by atoms with Crippen LogP contribution >= 0.6 is 11.8 Å². The summed E-state index contributed by atoms with van der Waals surface area (Å²) in [6.45, 7) is 3.56. The van der Waals surface area contributed by atoms with Gasteiger partial charge in [-0.3, -0.25) is 9.69 Å². The van der Waals surface area contributed by atoms with Crippen LogP contribution in [-0.4, -0.2) is 31.4 Å². The van der Waals surface area contributed by atoms with Crippen molar-refractivity contribution in [2.75, 3.05) is 10.7 Å². The molecule has 8 heteroatoms. The van der Waals surface area contributed by atoms with Gasteiger partial charge in [-0.1, -0.05) is 36.9 Å². The summed E-state index contributed by atoms with van der Waals surface area (Å²) in [4.78, 5) is 18.8. The van der Waals surface area contributed by atoms with Gasteiger partial charge in [-0.25, -0.2) is 0 Å². The number of anilines is 1. The molecule has 0 fully saturated rings.